The van der Waals surface area contributed by atoms with Crippen molar-refractivity contribution < 1.29 is 23.9 Å². The second-order valence-corrected chi connectivity index (χ2v) is 14.5. The van der Waals surface area contributed by atoms with Gasteiger partial charge < -0.3 is 25.7 Å². The number of aromatic nitrogens is 1. The van der Waals surface area contributed by atoms with Crippen LogP contribution < -0.4 is 16.0 Å². The molecule has 0 fully saturated rings. The van der Waals surface area contributed by atoms with E-state index < -0.39 is 23.0 Å². The number of esters is 1. The minimum Gasteiger partial charge on any atom is -0.462 e. The quantitative estimate of drug-likeness (QED) is 0.0524. The summed E-state index contributed by atoms with van der Waals surface area (Å²) < 4.78 is 5.41. The number of aromatic amines is 1. The molecule has 7 aromatic rings. The normalized spacial score (nSPS) is 11.8. The fourth-order valence-electron chi connectivity index (χ4n) is 6.06. The molecule has 0 saturated heterocycles. The number of anilines is 2. The lowest BCUT2D eigenvalue weighted by Crippen LogP contribution is -2.30. The van der Waals surface area contributed by atoms with Gasteiger partial charge in [0.05, 0.1) is 6.61 Å². The first kappa shape index (κ1) is 37.6. The van der Waals surface area contributed by atoms with Crippen LogP contribution in [0.3, 0.4) is 0 Å². The third-order valence-electron chi connectivity index (χ3n) is 8.73. The first-order valence-electron chi connectivity index (χ1n) is 17.8. The van der Waals surface area contributed by atoms with E-state index in [1.807, 2.05) is 102 Å². The van der Waals surface area contributed by atoms with E-state index in [0.29, 0.717) is 32.3 Å². The number of carbonyl (C=O) groups is 4. The molecular formula is C45H36N4O5S2. The van der Waals surface area contributed by atoms with Crippen molar-refractivity contribution in [3.8, 4) is 11.1 Å². The highest BCUT2D eigenvalue weighted by Gasteiger charge is 2.28. The van der Waals surface area contributed by atoms with Gasteiger partial charge in [0.1, 0.15) is 21.5 Å². The van der Waals surface area contributed by atoms with Gasteiger partial charge in [-0.1, -0.05) is 103 Å². The number of H-pyrrole nitrogens is 1. The summed E-state index contributed by atoms with van der Waals surface area (Å²) in [6.07, 6.45) is 3.43. The summed E-state index contributed by atoms with van der Waals surface area (Å²) in [5.41, 5.74) is 5.09. The lowest BCUT2D eigenvalue weighted by molar-refractivity contribution is -0.116. The molecule has 9 nitrogen and oxygen atoms in total. The largest absolute Gasteiger partial charge is 0.462 e. The van der Waals surface area contributed by atoms with Crippen LogP contribution in [0.15, 0.2) is 162 Å². The number of ether oxygens (including phenoxy) is 1. The van der Waals surface area contributed by atoms with E-state index in [4.69, 9.17) is 4.74 Å². The molecule has 3 amide bonds. The summed E-state index contributed by atoms with van der Waals surface area (Å²) in [7, 11) is 0. The Morgan fingerprint density at radius 3 is 2.25 bits per heavy atom. The van der Waals surface area contributed by atoms with Gasteiger partial charge in [-0.25, -0.2) is 4.79 Å². The highest BCUT2D eigenvalue weighted by Crippen LogP contribution is 2.40. The van der Waals surface area contributed by atoms with Crippen LogP contribution in [0.4, 0.5) is 10.7 Å². The standard InChI is InChI=1S/C45H36N4O5S2/c1-2-54-45(53)39-36(29-15-6-3-7-16-29)28-55-44(39)49-43(52)40(30-17-8-4-9-18-30)56-34-22-14-21-33(26-34)47-42(51)38(48-41(50)31-19-10-5-11-20-31)25-32-27-46-37-24-13-12-23-35(32)37/h3-28,40,46H,2H2,1H3,(H,47,51)(H,48,50)(H,49,52)/b38-25-. The number of carbonyl (C=O) groups excluding carboxylic acids is 4. The average Bonchev–Trinajstić information content (AvgIpc) is 3.85. The zero-order valence-corrected chi connectivity index (χ0v) is 31.8. The number of thiophene rings is 1. The third kappa shape index (κ3) is 8.81. The Kier molecular flexibility index (Phi) is 11.8. The summed E-state index contributed by atoms with van der Waals surface area (Å²) in [5.74, 6) is -1.82. The summed E-state index contributed by atoms with van der Waals surface area (Å²) in [5, 5.41) is 11.2. The van der Waals surface area contributed by atoms with Gasteiger partial charge in [0.15, 0.2) is 0 Å². The van der Waals surface area contributed by atoms with Gasteiger partial charge in [0, 0.05) is 49.8 Å². The van der Waals surface area contributed by atoms with E-state index >= 15 is 0 Å². The number of hydrogen-bond donors (Lipinski definition) is 4. The molecule has 0 saturated carbocycles. The number of amides is 3. The van der Waals surface area contributed by atoms with Crippen LogP contribution in [0.2, 0.25) is 0 Å². The van der Waals surface area contributed by atoms with E-state index in [-0.39, 0.29) is 18.2 Å². The van der Waals surface area contributed by atoms with Crippen LogP contribution in [0.1, 0.15) is 44.0 Å². The predicted molar refractivity (Wildman–Crippen MR) is 225 cm³/mol. The minimum atomic E-state index is -0.734. The molecule has 0 aliphatic rings. The first-order valence-corrected chi connectivity index (χ1v) is 19.6. The predicted octanol–water partition coefficient (Wildman–Crippen LogP) is 9.95. The second-order valence-electron chi connectivity index (χ2n) is 12.5. The smallest absolute Gasteiger partial charge is 0.341 e. The highest BCUT2D eigenvalue weighted by atomic mass is 32.2. The van der Waals surface area contributed by atoms with E-state index in [9.17, 15) is 19.2 Å². The van der Waals surface area contributed by atoms with Gasteiger partial charge in [0.25, 0.3) is 11.8 Å². The van der Waals surface area contributed by atoms with Gasteiger partial charge in [-0.2, -0.15) is 0 Å². The Labute approximate surface area is 331 Å². The molecule has 56 heavy (non-hydrogen) atoms. The lowest BCUT2D eigenvalue weighted by atomic mass is 10.0. The van der Waals surface area contributed by atoms with Gasteiger partial charge in [0.2, 0.25) is 5.91 Å². The molecule has 2 heterocycles. The summed E-state index contributed by atoms with van der Waals surface area (Å²) >= 11 is 2.56. The molecule has 5 aromatic carbocycles. The van der Waals surface area contributed by atoms with Crippen LogP contribution in [0.25, 0.3) is 28.1 Å². The van der Waals surface area contributed by atoms with E-state index in [0.717, 1.165) is 27.6 Å². The fourth-order valence-corrected chi connectivity index (χ4v) is 8.10. The number of rotatable bonds is 13. The number of nitrogens with one attached hydrogen (secondary N) is 4. The second kappa shape index (κ2) is 17.6. The molecule has 278 valence electrons. The zero-order chi connectivity index (χ0) is 38.9. The van der Waals surface area contributed by atoms with Gasteiger partial charge in [-0.3, -0.25) is 14.4 Å². The van der Waals surface area contributed by atoms with Gasteiger partial charge in [-0.05, 0) is 60.5 Å². The molecule has 1 unspecified atom stereocenters. The Balaban J connectivity index is 1.15. The summed E-state index contributed by atoms with van der Waals surface area (Å²) in [6.45, 7) is 1.93. The van der Waals surface area contributed by atoms with E-state index in [2.05, 4.69) is 20.9 Å². The molecule has 0 bridgehead atoms. The van der Waals surface area contributed by atoms with Crippen LogP contribution >= 0.6 is 23.1 Å². The maximum absolute atomic E-state index is 14.2. The molecule has 1 atom stereocenters. The van der Waals surface area contributed by atoms with Gasteiger partial charge >= 0.3 is 5.97 Å². The average molecular weight is 777 g/mol. The van der Waals surface area contributed by atoms with Gasteiger partial charge in [-0.15, -0.1) is 23.1 Å². The molecule has 7 rings (SSSR count). The van der Waals surface area contributed by atoms with Crippen LogP contribution in [0.5, 0.6) is 0 Å². The fraction of sp³-hybridized carbons (Fsp3) is 0.0667. The maximum atomic E-state index is 14.2. The molecule has 0 radical (unpaired) electrons. The van der Waals surface area contributed by atoms with Crippen molar-refractivity contribution in [1.82, 2.24) is 10.3 Å². The van der Waals surface area contributed by atoms with Crippen molar-refractivity contribution in [1.29, 1.82) is 0 Å². The van der Waals surface area contributed by atoms with Crippen LogP contribution in [-0.2, 0) is 14.3 Å². The molecule has 0 aliphatic heterocycles. The summed E-state index contributed by atoms with van der Waals surface area (Å²) in [4.78, 5) is 58.6. The maximum Gasteiger partial charge on any atom is 0.341 e. The molecular weight excluding hydrogens is 741 g/mol. The van der Waals surface area contributed by atoms with Crippen molar-refractivity contribution in [2.45, 2.75) is 17.1 Å². The monoisotopic (exact) mass is 776 g/mol. The van der Waals surface area contributed by atoms with Crippen molar-refractivity contribution in [3.05, 3.63) is 179 Å². The zero-order valence-electron chi connectivity index (χ0n) is 30.2. The van der Waals surface area contributed by atoms with Crippen molar-refractivity contribution in [2.75, 3.05) is 17.2 Å². The SMILES string of the molecule is CCOC(=O)c1c(-c2ccccc2)csc1NC(=O)C(Sc1cccc(NC(=O)/C(=C/c2c[nH]c3ccccc23)NC(=O)c2ccccc2)c1)c1ccccc1. The Hall–Kier alpha value is -6.69. The van der Waals surface area contributed by atoms with Crippen LogP contribution in [0, 0.1) is 0 Å². The first-order chi connectivity index (χ1) is 27.4. The Morgan fingerprint density at radius 1 is 0.804 bits per heavy atom. The number of thioether (sulfide) groups is 1. The number of hydrogen-bond acceptors (Lipinski definition) is 7. The van der Waals surface area contributed by atoms with E-state index in [1.165, 1.54) is 23.1 Å². The number of fused-ring (bicyclic) bond motifs is 1. The lowest BCUT2D eigenvalue weighted by Gasteiger charge is -2.18. The number of para-hydroxylation sites is 1. The molecule has 4 N–H and O–H groups in total. The minimum absolute atomic E-state index is 0.0476. The number of benzene rings is 5. The van der Waals surface area contributed by atoms with Crippen molar-refractivity contribution >= 4 is 74.5 Å². The van der Waals surface area contributed by atoms with Crippen molar-refractivity contribution in [3.63, 3.8) is 0 Å². The Bertz CT molecular complexity index is 2530. The highest BCUT2D eigenvalue weighted by molar-refractivity contribution is 8.00. The Morgan fingerprint density at radius 2 is 1.50 bits per heavy atom. The van der Waals surface area contributed by atoms with Crippen molar-refractivity contribution in [2.24, 2.45) is 0 Å². The molecule has 0 aliphatic carbocycles. The molecule has 11 heteroatoms. The summed E-state index contributed by atoms with van der Waals surface area (Å²) in [6, 6.07) is 42.4. The molecule has 2 aromatic heterocycles. The van der Waals surface area contributed by atoms with E-state index in [1.54, 1.807) is 61.7 Å². The molecule has 0 spiro atoms. The third-order valence-corrected chi connectivity index (χ3v) is 10.9. The topological polar surface area (TPSA) is 129 Å². The van der Waals surface area contributed by atoms with Crippen LogP contribution in [-0.4, -0.2) is 35.3 Å².